The van der Waals surface area contributed by atoms with Crippen molar-refractivity contribution in [2.45, 2.75) is 39.5 Å². The molecule has 0 N–H and O–H groups in total. The summed E-state index contributed by atoms with van der Waals surface area (Å²) in [6, 6.07) is 24.9. The molecule has 0 aliphatic carbocycles. The van der Waals surface area contributed by atoms with Crippen molar-refractivity contribution >= 4 is 24.3 Å². The maximum absolute atomic E-state index is 6.20. The third kappa shape index (κ3) is 7.46. The topological polar surface area (TPSA) is 18.5 Å². The summed E-state index contributed by atoms with van der Waals surface area (Å²) in [7, 11) is 0. The highest BCUT2D eigenvalue weighted by molar-refractivity contribution is 5.78. The van der Waals surface area contributed by atoms with Crippen LogP contribution in [0.4, 0.5) is 0 Å². The molecule has 0 spiro atoms. The van der Waals surface area contributed by atoms with Gasteiger partial charge in [-0.3, -0.25) is 0 Å². The van der Waals surface area contributed by atoms with Crippen LogP contribution in [0, 0.1) is 0 Å². The van der Waals surface area contributed by atoms with Gasteiger partial charge in [0.25, 0.3) is 0 Å². The highest BCUT2D eigenvalue weighted by Gasteiger charge is 2.10. The van der Waals surface area contributed by atoms with Crippen molar-refractivity contribution in [3.63, 3.8) is 0 Å². The lowest BCUT2D eigenvalue weighted by Gasteiger charge is -2.15. The van der Waals surface area contributed by atoms with E-state index in [9.17, 15) is 0 Å². The Morgan fingerprint density at radius 2 is 0.969 bits per heavy atom. The second-order valence-electron chi connectivity index (χ2n) is 7.82. The van der Waals surface area contributed by atoms with Gasteiger partial charge in [0.15, 0.2) is 0 Å². The standard InChI is InChI=1S/C30H34O2/c1-3-5-21-31-29-23-28(20-18-26-15-11-8-12-16-26)30(32-22-6-4-2)24-27(29)19-17-25-13-9-7-10-14-25/h7-20,23-24H,3-6,21-22H2,1-2H3/b19-17+,20-18+. The molecule has 3 rings (SSSR count). The number of rotatable bonds is 12. The molecular formula is C30H34O2. The van der Waals surface area contributed by atoms with Gasteiger partial charge in [0.05, 0.1) is 13.2 Å². The van der Waals surface area contributed by atoms with E-state index in [0.29, 0.717) is 13.2 Å². The smallest absolute Gasteiger partial charge is 0.127 e. The number of hydrogen-bond donors (Lipinski definition) is 0. The molecule has 0 atom stereocenters. The summed E-state index contributed by atoms with van der Waals surface area (Å²) in [4.78, 5) is 0. The van der Waals surface area contributed by atoms with Crippen molar-refractivity contribution in [1.82, 2.24) is 0 Å². The van der Waals surface area contributed by atoms with Gasteiger partial charge < -0.3 is 9.47 Å². The van der Waals surface area contributed by atoms with Crippen LogP contribution in [-0.2, 0) is 0 Å². The molecule has 0 radical (unpaired) electrons. The van der Waals surface area contributed by atoms with E-state index >= 15 is 0 Å². The predicted octanol–water partition coefficient (Wildman–Crippen LogP) is 8.39. The molecule has 2 heteroatoms. The average Bonchev–Trinajstić information content (AvgIpc) is 2.84. The minimum atomic E-state index is 0.709. The molecule has 0 saturated heterocycles. The Bertz CT molecular complexity index is 905. The predicted molar refractivity (Wildman–Crippen MR) is 138 cm³/mol. The summed E-state index contributed by atoms with van der Waals surface area (Å²) in [5.41, 5.74) is 4.39. The molecule has 166 valence electrons. The fraction of sp³-hybridized carbons (Fsp3) is 0.267. The average molecular weight is 427 g/mol. The van der Waals surface area contributed by atoms with Crippen LogP contribution in [0.15, 0.2) is 72.8 Å². The zero-order valence-corrected chi connectivity index (χ0v) is 19.3. The van der Waals surface area contributed by atoms with Crippen LogP contribution in [0.3, 0.4) is 0 Å². The van der Waals surface area contributed by atoms with Gasteiger partial charge in [0.2, 0.25) is 0 Å². The molecular weight excluding hydrogens is 392 g/mol. The van der Waals surface area contributed by atoms with E-state index in [-0.39, 0.29) is 0 Å². The molecule has 0 fully saturated rings. The van der Waals surface area contributed by atoms with Gasteiger partial charge >= 0.3 is 0 Å². The minimum Gasteiger partial charge on any atom is -0.493 e. The fourth-order valence-electron chi connectivity index (χ4n) is 3.26. The van der Waals surface area contributed by atoms with Gasteiger partial charge in [-0.25, -0.2) is 0 Å². The molecule has 0 saturated carbocycles. The van der Waals surface area contributed by atoms with E-state index in [1.54, 1.807) is 0 Å². The third-order valence-electron chi connectivity index (χ3n) is 5.16. The summed E-state index contributed by atoms with van der Waals surface area (Å²) in [5.74, 6) is 1.78. The van der Waals surface area contributed by atoms with E-state index in [2.05, 4.69) is 98.8 Å². The lowest BCUT2D eigenvalue weighted by atomic mass is 10.1. The Morgan fingerprint density at radius 3 is 1.34 bits per heavy atom. The molecule has 0 aliphatic rings. The highest BCUT2D eigenvalue weighted by Crippen LogP contribution is 2.32. The second kappa shape index (κ2) is 13.2. The van der Waals surface area contributed by atoms with Gasteiger partial charge in [-0.05, 0) is 36.1 Å². The van der Waals surface area contributed by atoms with E-state index in [0.717, 1.165) is 59.4 Å². The Morgan fingerprint density at radius 1 is 0.562 bits per heavy atom. The summed E-state index contributed by atoms with van der Waals surface area (Å²) in [6.07, 6.45) is 12.8. The van der Waals surface area contributed by atoms with Crippen molar-refractivity contribution in [2.75, 3.05) is 13.2 Å². The molecule has 0 bridgehead atoms. The highest BCUT2D eigenvalue weighted by atomic mass is 16.5. The van der Waals surface area contributed by atoms with Gasteiger partial charge in [-0.15, -0.1) is 0 Å². The summed E-state index contributed by atoms with van der Waals surface area (Å²) in [6.45, 7) is 5.78. The van der Waals surface area contributed by atoms with Gasteiger partial charge in [-0.2, -0.15) is 0 Å². The van der Waals surface area contributed by atoms with E-state index in [1.807, 2.05) is 12.1 Å². The van der Waals surface area contributed by atoms with Crippen molar-refractivity contribution in [3.05, 3.63) is 95.1 Å². The normalized spacial score (nSPS) is 11.3. The monoisotopic (exact) mass is 426 g/mol. The molecule has 2 nitrogen and oxygen atoms in total. The maximum atomic E-state index is 6.20. The Balaban J connectivity index is 1.96. The summed E-state index contributed by atoms with van der Waals surface area (Å²) in [5, 5.41) is 0. The SMILES string of the molecule is CCCCOc1cc(/C=C/c2ccccc2)c(OCCCC)cc1/C=C/c1ccccc1. The second-order valence-corrected chi connectivity index (χ2v) is 7.82. The zero-order valence-electron chi connectivity index (χ0n) is 19.3. The first-order chi connectivity index (χ1) is 15.8. The van der Waals surface area contributed by atoms with Gasteiger partial charge in [0.1, 0.15) is 11.5 Å². The van der Waals surface area contributed by atoms with Gasteiger partial charge in [-0.1, -0.05) is 112 Å². The lowest BCUT2D eigenvalue weighted by Crippen LogP contribution is -2.02. The molecule has 0 aromatic heterocycles. The van der Waals surface area contributed by atoms with Crippen molar-refractivity contribution in [3.8, 4) is 11.5 Å². The molecule has 0 amide bonds. The Kier molecular flexibility index (Phi) is 9.67. The van der Waals surface area contributed by atoms with Crippen LogP contribution in [0.2, 0.25) is 0 Å². The van der Waals surface area contributed by atoms with Crippen LogP contribution in [-0.4, -0.2) is 13.2 Å². The largest absolute Gasteiger partial charge is 0.493 e. The van der Waals surface area contributed by atoms with Crippen molar-refractivity contribution in [2.24, 2.45) is 0 Å². The molecule has 0 unspecified atom stereocenters. The summed E-state index contributed by atoms with van der Waals surface area (Å²) < 4.78 is 12.4. The lowest BCUT2D eigenvalue weighted by molar-refractivity contribution is 0.300. The minimum absolute atomic E-state index is 0.709. The Labute approximate surface area is 193 Å². The summed E-state index contributed by atoms with van der Waals surface area (Å²) >= 11 is 0. The molecule has 0 heterocycles. The van der Waals surface area contributed by atoms with E-state index < -0.39 is 0 Å². The van der Waals surface area contributed by atoms with Gasteiger partial charge in [0, 0.05) is 11.1 Å². The van der Waals surface area contributed by atoms with Crippen LogP contribution in [0.25, 0.3) is 24.3 Å². The van der Waals surface area contributed by atoms with Crippen LogP contribution in [0.1, 0.15) is 61.8 Å². The van der Waals surface area contributed by atoms with Crippen molar-refractivity contribution in [1.29, 1.82) is 0 Å². The van der Waals surface area contributed by atoms with Crippen LogP contribution in [0.5, 0.6) is 11.5 Å². The Hall–Kier alpha value is -3.26. The fourth-order valence-corrected chi connectivity index (χ4v) is 3.26. The first-order valence-electron chi connectivity index (χ1n) is 11.7. The first-order valence-corrected chi connectivity index (χ1v) is 11.7. The maximum Gasteiger partial charge on any atom is 0.127 e. The van der Waals surface area contributed by atoms with E-state index in [1.165, 1.54) is 0 Å². The third-order valence-corrected chi connectivity index (χ3v) is 5.16. The first kappa shape index (κ1) is 23.4. The number of ether oxygens (including phenoxy) is 2. The zero-order chi connectivity index (χ0) is 22.4. The molecule has 0 aliphatic heterocycles. The molecule has 32 heavy (non-hydrogen) atoms. The van der Waals surface area contributed by atoms with Crippen LogP contribution < -0.4 is 9.47 Å². The number of hydrogen-bond acceptors (Lipinski definition) is 2. The number of benzene rings is 3. The van der Waals surface area contributed by atoms with Crippen molar-refractivity contribution < 1.29 is 9.47 Å². The van der Waals surface area contributed by atoms with E-state index in [4.69, 9.17) is 9.47 Å². The molecule has 3 aromatic rings. The molecule has 3 aromatic carbocycles. The number of unbranched alkanes of at least 4 members (excludes halogenated alkanes) is 2. The van der Waals surface area contributed by atoms with Crippen LogP contribution >= 0.6 is 0 Å². The quantitative estimate of drug-likeness (QED) is 0.214.